The summed E-state index contributed by atoms with van der Waals surface area (Å²) in [5, 5.41) is 3.14. The largest absolute Gasteiger partial charge is 0.377 e. The number of carbonyl (C=O) groups is 1. The second-order valence-electron chi connectivity index (χ2n) is 4.82. The Balaban J connectivity index is 2.25. The number of carbonyl (C=O) groups excluding carboxylic acids is 1. The van der Waals surface area contributed by atoms with E-state index in [2.05, 4.69) is 10.3 Å². The minimum atomic E-state index is -0.322. The highest BCUT2D eigenvalue weighted by atomic mass is 35.5. The minimum absolute atomic E-state index is 0.0833. The number of nitrogens with zero attached hydrogens (tertiary/aromatic N) is 2. The van der Waals surface area contributed by atoms with Crippen LogP contribution in [-0.4, -0.2) is 25.0 Å². The monoisotopic (exact) mass is 323 g/mol. The zero-order valence-corrected chi connectivity index (χ0v) is 13.5. The van der Waals surface area contributed by atoms with Gasteiger partial charge in [0.2, 0.25) is 0 Å². The van der Waals surface area contributed by atoms with Gasteiger partial charge in [0.1, 0.15) is 10.3 Å². The molecule has 21 heavy (non-hydrogen) atoms. The zero-order chi connectivity index (χ0) is 15.6. The fourth-order valence-corrected chi connectivity index (χ4v) is 2.38. The summed E-state index contributed by atoms with van der Waals surface area (Å²) >= 11 is 11.7. The maximum atomic E-state index is 12.2. The average Bonchev–Trinajstić information content (AvgIpc) is 2.40. The van der Waals surface area contributed by atoms with E-state index in [1.807, 2.05) is 44.1 Å². The van der Waals surface area contributed by atoms with Crippen LogP contribution in [0.5, 0.6) is 0 Å². The summed E-state index contributed by atoms with van der Waals surface area (Å²) in [7, 11) is 3.90. The van der Waals surface area contributed by atoms with Crippen LogP contribution < -0.4 is 10.2 Å². The summed E-state index contributed by atoms with van der Waals surface area (Å²) in [6.45, 7) is 2.01. The number of hydrogen-bond acceptors (Lipinski definition) is 3. The van der Waals surface area contributed by atoms with Crippen LogP contribution in [0.1, 0.15) is 15.9 Å². The number of rotatable bonds is 3. The Morgan fingerprint density at radius 2 is 1.90 bits per heavy atom. The number of anilines is 2. The highest BCUT2D eigenvalue weighted by molar-refractivity contribution is 6.35. The average molecular weight is 324 g/mol. The van der Waals surface area contributed by atoms with Crippen molar-refractivity contribution in [2.45, 2.75) is 6.92 Å². The number of pyridine rings is 1. The predicted octanol–water partition coefficient (Wildman–Crippen LogP) is 4.02. The first-order chi connectivity index (χ1) is 9.88. The highest BCUT2D eigenvalue weighted by Crippen LogP contribution is 2.24. The third-order valence-corrected chi connectivity index (χ3v) is 3.51. The van der Waals surface area contributed by atoms with Crippen LogP contribution in [0.4, 0.5) is 11.4 Å². The molecule has 0 aliphatic carbocycles. The van der Waals surface area contributed by atoms with Crippen molar-refractivity contribution in [3.8, 4) is 0 Å². The van der Waals surface area contributed by atoms with Crippen molar-refractivity contribution in [1.29, 1.82) is 0 Å². The lowest BCUT2D eigenvalue weighted by atomic mass is 10.1. The number of hydrogen-bond donors (Lipinski definition) is 1. The molecule has 0 aliphatic heterocycles. The van der Waals surface area contributed by atoms with Gasteiger partial charge in [-0.15, -0.1) is 0 Å². The van der Waals surface area contributed by atoms with E-state index >= 15 is 0 Å². The Hall–Kier alpha value is -1.78. The van der Waals surface area contributed by atoms with Crippen molar-refractivity contribution < 1.29 is 4.79 Å². The van der Waals surface area contributed by atoms with E-state index in [9.17, 15) is 4.79 Å². The molecule has 0 unspecified atom stereocenters. The predicted molar refractivity (Wildman–Crippen MR) is 87.7 cm³/mol. The summed E-state index contributed by atoms with van der Waals surface area (Å²) in [6, 6.07) is 8.78. The molecule has 110 valence electrons. The molecule has 1 amide bonds. The molecule has 6 heteroatoms. The van der Waals surface area contributed by atoms with E-state index in [4.69, 9.17) is 23.2 Å². The van der Waals surface area contributed by atoms with Crippen LogP contribution in [0, 0.1) is 6.92 Å². The molecule has 0 aliphatic rings. The van der Waals surface area contributed by atoms with Crippen molar-refractivity contribution in [2.75, 3.05) is 24.3 Å². The second kappa shape index (κ2) is 6.33. The third kappa shape index (κ3) is 3.65. The van der Waals surface area contributed by atoms with Crippen LogP contribution in [0.2, 0.25) is 10.3 Å². The maximum absolute atomic E-state index is 12.2. The van der Waals surface area contributed by atoms with Crippen molar-refractivity contribution >= 4 is 40.5 Å². The molecule has 2 rings (SSSR count). The lowest BCUT2D eigenvalue weighted by Gasteiger charge is -2.17. The minimum Gasteiger partial charge on any atom is -0.377 e. The van der Waals surface area contributed by atoms with Gasteiger partial charge in [0.25, 0.3) is 5.91 Å². The first-order valence-electron chi connectivity index (χ1n) is 6.30. The SMILES string of the molecule is Cc1ccc(NC(=O)c2ccc(Cl)nc2Cl)cc1N(C)C. The number of amides is 1. The Labute approximate surface area is 133 Å². The number of aromatic nitrogens is 1. The van der Waals surface area contributed by atoms with E-state index < -0.39 is 0 Å². The van der Waals surface area contributed by atoms with Gasteiger partial charge in [-0.25, -0.2) is 4.98 Å². The molecule has 1 aromatic carbocycles. The van der Waals surface area contributed by atoms with Gasteiger partial charge in [0.05, 0.1) is 5.56 Å². The summed E-state index contributed by atoms with van der Waals surface area (Å²) in [4.78, 5) is 18.1. The topological polar surface area (TPSA) is 45.2 Å². The van der Waals surface area contributed by atoms with Crippen molar-refractivity contribution in [1.82, 2.24) is 4.98 Å². The van der Waals surface area contributed by atoms with E-state index in [0.717, 1.165) is 11.3 Å². The number of benzene rings is 1. The highest BCUT2D eigenvalue weighted by Gasteiger charge is 2.13. The standard InChI is InChI=1S/C15H15Cl2N3O/c1-9-4-5-10(8-12(9)20(2)3)18-15(21)11-6-7-13(16)19-14(11)17/h4-8H,1-3H3,(H,18,21). The first kappa shape index (κ1) is 15.6. The molecule has 0 atom stereocenters. The van der Waals surface area contributed by atoms with Crippen LogP contribution >= 0.6 is 23.2 Å². The van der Waals surface area contributed by atoms with Crippen LogP contribution in [-0.2, 0) is 0 Å². The fraction of sp³-hybridized carbons (Fsp3) is 0.200. The molecule has 1 N–H and O–H groups in total. The molecule has 4 nitrogen and oxygen atoms in total. The molecule has 0 fully saturated rings. The maximum Gasteiger partial charge on any atom is 0.258 e. The van der Waals surface area contributed by atoms with Gasteiger partial charge >= 0.3 is 0 Å². The molecule has 0 saturated carbocycles. The number of aryl methyl sites for hydroxylation is 1. The van der Waals surface area contributed by atoms with Gasteiger partial charge in [-0.3, -0.25) is 4.79 Å². The van der Waals surface area contributed by atoms with Gasteiger partial charge in [-0.05, 0) is 36.8 Å². The van der Waals surface area contributed by atoms with Gasteiger partial charge in [-0.2, -0.15) is 0 Å². The molecular weight excluding hydrogens is 309 g/mol. The third-order valence-electron chi connectivity index (χ3n) is 3.01. The van der Waals surface area contributed by atoms with Gasteiger partial charge < -0.3 is 10.2 Å². The van der Waals surface area contributed by atoms with Gasteiger partial charge in [0.15, 0.2) is 0 Å². The summed E-state index contributed by atoms with van der Waals surface area (Å²) < 4.78 is 0. The Morgan fingerprint density at radius 3 is 2.52 bits per heavy atom. The zero-order valence-electron chi connectivity index (χ0n) is 11.9. The number of halogens is 2. The molecule has 0 spiro atoms. The smallest absolute Gasteiger partial charge is 0.258 e. The van der Waals surface area contributed by atoms with E-state index in [1.54, 1.807) is 6.07 Å². The molecular formula is C15H15Cl2N3O. The quantitative estimate of drug-likeness (QED) is 0.868. The molecule has 1 heterocycles. The second-order valence-corrected chi connectivity index (χ2v) is 5.57. The molecule has 0 saturated heterocycles. The van der Waals surface area contributed by atoms with Crippen LogP contribution in [0.15, 0.2) is 30.3 Å². The molecule has 0 radical (unpaired) electrons. The first-order valence-corrected chi connectivity index (χ1v) is 7.05. The summed E-state index contributed by atoms with van der Waals surface area (Å²) in [6.07, 6.45) is 0. The normalized spacial score (nSPS) is 10.3. The van der Waals surface area contributed by atoms with E-state index in [-0.39, 0.29) is 21.8 Å². The molecule has 2 aromatic rings. The van der Waals surface area contributed by atoms with Gasteiger partial charge in [0, 0.05) is 25.5 Å². The number of nitrogens with one attached hydrogen (secondary N) is 1. The Morgan fingerprint density at radius 1 is 1.19 bits per heavy atom. The van der Waals surface area contributed by atoms with Crippen LogP contribution in [0.3, 0.4) is 0 Å². The molecule has 1 aromatic heterocycles. The lowest BCUT2D eigenvalue weighted by Crippen LogP contribution is -2.15. The Bertz CT molecular complexity index is 687. The summed E-state index contributed by atoms with van der Waals surface area (Å²) in [5.41, 5.74) is 3.14. The van der Waals surface area contributed by atoms with Crippen molar-refractivity contribution in [2.24, 2.45) is 0 Å². The summed E-state index contributed by atoms with van der Waals surface area (Å²) in [5.74, 6) is -0.322. The molecule has 0 bridgehead atoms. The van der Waals surface area contributed by atoms with Crippen molar-refractivity contribution in [3.05, 3.63) is 51.8 Å². The lowest BCUT2D eigenvalue weighted by molar-refractivity contribution is 0.102. The fourth-order valence-electron chi connectivity index (χ4n) is 1.95. The van der Waals surface area contributed by atoms with Crippen molar-refractivity contribution in [3.63, 3.8) is 0 Å². The van der Waals surface area contributed by atoms with Crippen LogP contribution in [0.25, 0.3) is 0 Å². The Kier molecular flexibility index (Phi) is 4.70. The van der Waals surface area contributed by atoms with E-state index in [1.165, 1.54) is 6.07 Å². The van der Waals surface area contributed by atoms with E-state index in [0.29, 0.717) is 5.69 Å². The van der Waals surface area contributed by atoms with Gasteiger partial charge in [-0.1, -0.05) is 29.3 Å².